The van der Waals surface area contributed by atoms with Crippen molar-refractivity contribution in [3.05, 3.63) is 182 Å². The molecule has 226 valence electrons. The van der Waals surface area contributed by atoms with Crippen LogP contribution < -0.4 is 0 Å². The molecule has 0 aliphatic rings. The molecule has 9 aromatic rings. The predicted octanol–water partition coefficient (Wildman–Crippen LogP) is 13.5. The van der Waals surface area contributed by atoms with Crippen LogP contribution in [0.1, 0.15) is 18.1 Å². The van der Waals surface area contributed by atoms with Gasteiger partial charge < -0.3 is 4.42 Å². The van der Waals surface area contributed by atoms with Gasteiger partial charge in [-0.05, 0) is 102 Å². The first-order valence-electron chi connectivity index (χ1n) is 16.5. The van der Waals surface area contributed by atoms with Crippen LogP contribution in [-0.4, -0.2) is 0 Å². The number of fused-ring (bicyclic) bond motifs is 8. The van der Waals surface area contributed by atoms with E-state index in [9.17, 15) is 0 Å². The van der Waals surface area contributed by atoms with Crippen LogP contribution in [0.15, 0.2) is 175 Å². The van der Waals surface area contributed by atoms with E-state index in [2.05, 4.69) is 171 Å². The van der Waals surface area contributed by atoms with Gasteiger partial charge >= 0.3 is 0 Å². The third kappa shape index (κ3) is 4.47. The van der Waals surface area contributed by atoms with Crippen LogP contribution in [-0.2, 0) is 0 Å². The molecule has 8 aromatic carbocycles. The van der Waals surface area contributed by atoms with Gasteiger partial charge in [-0.25, -0.2) is 0 Å². The summed E-state index contributed by atoms with van der Waals surface area (Å²) in [6.07, 6.45) is 6.36. The first-order valence-corrected chi connectivity index (χ1v) is 16.5. The molecule has 0 aliphatic carbocycles. The second-order valence-electron chi connectivity index (χ2n) is 12.6. The molecule has 0 N–H and O–H groups in total. The average molecular weight is 613 g/mol. The Kier molecular flexibility index (Phi) is 6.59. The Morgan fingerprint density at radius 2 is 1.17 bits per heavy atom. The molecular weight excluding hydrogens is 581 g/mol. The maximum absolute atomic E-state index is 6.48. The number of allylic oxidation sites excluding steroid dienone is 5. The molecule has 0 saturated heterocycles. The molecule has 9 rings (SSSR count). The van der Waals surface area contributed by atoms with Crippen LogP contribution in [0.4, 0.5) is 0 Å². The summed E-state index contributed by atoms with van der Waals surface area (Å²) in [6.45, 7) is 6.33. The van der Waals surface area contributed by atoms with E-state index < -0.39 is 0 Å². The van der Waals surface area contributed by atoms with Gasteiger partial charge in [0.1, 0.15) is 11.2 Å². The summed E-state index contributed by atoms with van der Waals surface area (Å²) in [4.78, 5) is 0. The van der Waals surface area contributed by atoms with E-state index in [1.54, 1.807) is 0 Å². The Bertz CT molecular complexity index is 2750. The van der Waals surface area contributed by atoms with Crippen molar-refractivity contribution in [1.29, 1.82) is 0 Å². The lowest BCUT2D eigenvalue weighted by molar-refractivity contribution is 0.672. The van der Waals surface area contributed by atoms with E-state index >= 15 is 0 Å². The summed E-state index contributed by atoms with van der Waals surface area (Å²) in [5.74, 6) is 0. The van der Waals surface area contributed by atoms with Crippen LogP contribution in [0.5, 0.6) is 0 Å². The van der Waals surface area contributed by atoms with Crippen molar-refractivity contribution >= 4 is 76.2 Å². The fourth-order valence-electron chi connectivity index (χ4n) is 7.49. The van der Waals surface area contributed by atoms with Crippen molar-refractivity contribution in [2.45, 2.75) is 6.92 Å². The molecule has 0 spiro atoms. The van der Waals surface area contributed by atoms with Crippen LogP contribution in [0.2, 0.25) is 0 Å². The van der Waals surface area contributed by atoms with Gasteiger partial charge in [0.15, 0.2) is 0 Å². The summed E-state index contributed by atoms with van der Waals surface area (Å²) in [6, 6.07) is 52.4. The quantitative estimate of drug-likeness (QED) is 0.139. The van der Waals surface area contributed by atoms with Crippen molar-refractivity contribution in [1.82, 2.24) is 0 Å². The first-order chi connectivity index (χ1) is 23.7. The van der Waals surface area contributed by atoms with Crippen molar-refractivity contribution < 1.29 is 4.42 Å². The zero-order valence-electron chi connectivity index (χ0n) is 26.7. The average Bonchev–Trinajstić information content (AvgIpc) is 3.52. The summed E-state index contributed by atoms with van der Waals surface area (Å²) in [5.41, 5.74) is 9.02. The Labute approximate surface area is 279 Å². The Balaban J connectivity index is 1.28. The normalized spacial score (nSPS) is 12.6. The fourth-order valence-corrected chi connectivity index (χ4v) is 7.49. The van der Waals surface area contributed by atoms with Crippen LogP contribution in [0.25, 0.3) is 87.3 Å². The third-order valence-corrected chi connectivity index (χ3v) is 9.74. The van der Waals surface area contributed by atoms with Crippen molar-refractivity contribution in [2.75, 3.05) is 0 Å². The molecule has 1 nitrogen and oxygen atoms in total. The fraction of sp³-hybridized carbons (Fsp3) is 0.0213. The van der Waals surface area contributed by atoms with E-state index in [1.807, 2.05) is 6.08 Å². The summed E-state index contributed by atoms with van der Waals surface area (Å²) < 4.78 is 6.48. The highest BCUT2D eigenvalue weighted by molar-refractivity contribution is 6.21. The Morgan fingerprint density at radius 3 is 1.90 bits per heavy atom. The highest BCUT2D eigenvalue weighted by Gasteiger charge is 2.19. The molecule has 0 fully saturated rings. The highest BCUT2D eigenvalue weighted by atomic mass is 16.3. The SMILES string of the molecule is C=C/C=C(\C=C(/C)c1ccc2ccccc2c1)c1c2ccccc2c(-c2ccc3oc4c5ccccc5ccc4c3c2)c2ccccc12. The molecule has 1 heterocycles. The summed E-state index contributed by atoms with van der Waals surface area (Å²) in [5, 5.41) is 12.0. The molecule has 0 amide bonds. The molecule has 0 saturated carbocycles. The predicted molar refractivity (Wildman–Crippen MR) is 207 cm³/mol. The molecular formula is C47H32O. The zero-order valence-corrected chi connectivity index (χ0v) is 26.7. The van der Waals surface area contributed by atoms with Gasteiger partial charge in [-0.3, -0.25) is 0 Å². The van der Waals surface area contributed by atoms with Gasteiger partial charge in [0.2, 0.25) is 0 Å². The lowest BCUT2D eigenvalue weighted by Gasteiger charge is -2.18. The monoisotopic (exact) mass is 612 g/mol. The number of furan rings is 1. The van der Waals surface area contributed by atoms with E-state index in [-0.39, 0.29) is 0 Å². The van der Waals surface area contributed by atoms with E-state index in [1.165, 1.54) is 65.5 Å². The van der Waals surface area contributed by atoms with E-state index in [0.717, 1.165) is 32.9 Å². The molecule has 0 atom stereocenters. The summed E-state index contributed by atoms with van der Waals surface area (Å²) in [7, 11) is 0. The molecule has 0 aliphatic heterocycles. The zero-order chi connectivity index (χ0) is 32.2. The molecule has 0 bridgehead atoms. The largest absolute Gasteiger partial charge is 0.455 e. The second kappa shape index (κ2) is 11.3. The number of rotatable bonds is 5. The Hall–Kier alpha value is -6.18. The third-order valence-electron chi connectivity index (χ3n) is 9.74. The van der Waals surface area contributed by atoms with Crippen molar-refractivity contribution in [3.8, 4) is 11.1 Å². The molecule has 0 radical (unpaired) electrons. The highest BCUT2D eigenvalue weighted by Crippen LogP contribution is 2.44. The number of hydrogen-bond acceptors (Lipinski definition) is 1. The minimum atomic E-state index is 0.904. The van der Waals surface area contributed by atoms with Crippen LogP contribution >= 0.6 is 0 Å². The first kappa shape index (κ1) is 28.1. The van der Waals surface area contributed by atoms with E-state index in [0.29, 0.717) is 0 Å². The van der Waals surface area contributed by atoms with Crippen molar-refractivity contribution in [2.24, 2.45) is 0 Å². The molecule has 1 heteroatoms. The van der Waals surface area contributed by atoms with Crippen molar-refractivity contribution in [3.63, 3.8) is 0 Å². The lowest BCUT2D eigenvalue weighted by atomic mass is 9.85. The summed E-state index contributed by atoms with van der Waals surface area (Å²) >= 11 is 0. The van der Waals surface area contributed by atoms with Crippen LogP contribution in [0, 0.1) is 0 Å². The van der Waals surface area contributed by atoms with Gasteiger partial charge in [0, 0.05) is 16.2 Å². The van der Waals surface area contributed by atoms with Gasteiger partial charge in [-0.15, -0.1) is 0 Å². The number of hydrogen-bond donors (Lipinski definition) is 0. The smallest absolute Gasteiger partial charge is 0.143 e. The minimum absolute atomic E-state index is 0.904. The topological polar surface area (TPSA) is 13.1 Å². The van der Waals surface area contributed by atoms with E-state index in [4.69, 9.17) is 4.42 Å². The van der Waals surface area contributed by atoms with Gasteiger partial charge in [-0.1, -0.05) is 146 Å². The van der Waals surface area contributed by atoms with Gasteiger partial charge in [0.05, 0.1) is 0 Å². The minimum Gasteiger partial charge on any atom is -0.455 e. The standard InChI is InChI=1S/C47H32O/c1-3-12-35(27-30(2)33-22-21-31-13-4-5-15-34(31)28-33)45-38-17-8-10-19-40(38)46(41-20-11-9-18-39(41)45)36-24-26-44-43(29-36)42-25-23-32-14-6-7-16-37(32)47(42)48-44/h3-29H,1H2,2H3/b30-27+,35-12+. The maximum Gasteiger partial charge on any atom is 0.143 e. The Morgan fingerprint density at radius 1 is 0.542 bits per heavy atom. The van der Waals surface area contributed by atoms with Crippen LogP contribution in [0.3, 0.4) is 0 Å². The molecule has 48 heavy (non-hydrogen) atoms. The number of benzene rings is 8. The maximum atomic E-state index is 6.48. The van der Waals surface area contributed by atoms with Gasteiger partial charge in [-0.2, -0.15) is 0 Å². The van der Waals surface area contributed by atoms with Gasteiger partial charge in [0.25, 0.3) is 0 Å². The lowest BCUT2D eigenvalue weighted by Crippen LogP contribution is -1.93. The second-order valence-corrected chi connectivity index (χ2v) is 12.6. The molecule has 1 aromatic heterocycles. The molecule has 0 unspecified atom stereocenters.